The van der Waals surface area contributed by atoms with E-state index in [1.165, 1.54) is 18.2 Å². The summed E-state index contributed by atoms with van der Waals surface area (Å²) < 4.78 is 13.3. The summed E-state index contributed by atoms with van der Waals surface area (Å²) in [7, 11) is 0. The normalized spacial score (nSPS) is 10.5. The number of aromatic nitrogens is 1. The second-order valence-corrected chi connectivity index (χ2v) is 6.39. The van der Waals surface area contributed by atoms with E-state index in [0.717, 1.165) is 12.1 Å². The van der Waals surface area contributed by atoms with E-state index >= 15 is 0 Å². The predicted octanol–water partition coefficient (Wildman–Crippen LogP) is 5.15. The maximum Gasteiger partial charge on any atom is 0.255 e. The van der Waals surface area contributed by atoms with E-state index in [1.54, 1.807) is 18.3 Å². The van der Waals surface area contributed by atoms with Crippen molar-refractivity contribution in [3.63, 3.8) is 0 Å². The van der Waals surface area contributed by atoms with Gasteiger partial charge in [-0.1, -0.05) is 41.9 Å². The summed E-state index contributed by atoms with van der Waals surface area (Å²) >= 11 is 5.76. The Labute approximate surface area is 162 Å². The Morgan fingerprint density at radius 2 is 1.93 bits per heavy atom. The number of nitrogens with zero attached hydrogens (tertiary/aromatic N) is 2. The van der Waals surface area contributed by atoms with Gasteiger partial charge in [0.15, 0.2) is 0 Å². The number of amides is 1. The number of hydrogen-bond donors (Lipinski definition) is 1. The highest BCUT2D eigenvalue weighted by Gasteiger charge is 2.12. The molecule has 3 rings (SSSR count). The first-order valence-corrected chi connectivity index (χ1v) is 8.96. The molecule has 138 valence electrons. The smallest absolute Gasteiger partial charge is 0.255 e. The molecule has 4 nitrogen and oxygen atoms in total. The molecular weight excluding hydrogens is 365 g/mol. The quantitative estimate of drug-likeness (QED) is 0.640. The Hall–Kier alpha value is -2.92. The van der Waals surface area contributed by atoms with Crippen LogP contribution in [-0.2, 0) is 6.54 Å². The van der Waals surface area contributed by atoms with Gasteiger partial charge in [0.05, 0.1) is 5.02 Å². The van der Waals surface area contributed by atoms with Crippen LogP contribution >= 0.6 is 11.6 Å². The van der Waals surface area contributed by atoms with E-state index in [1.807, 2.05) is 25.1 Å². The van der Waals surface area contributed by atoms with Crippen LogP contribution in [0.5, 0.6) is 0 Å². The molecule has 1 heterocycles. The Morgan fingerprint density at radius 1 is 1.15 bits per heavy atom. The van der Waals surface area contributed by atoms with Crippen LogP contribution in [0.15, 0.2) is 66.9 Å². The van der Waals surface area contributed by atoms with Crippen molar-refractivity contribution in [2.75, 3.05) is 16.8 Å². The molecule has 0 spiro atoms. The molecule has 0 fully saturated rings. The summed E-state index contributed by atoms with van der Waals surface area (Å²) in [6.07, 6.45) is 1.61. The summed E-state index contributed by atoms with van der Waals surface area (Å²) in [6, 6.07) is 17.5. The lowest BCUT2D eigenvalue weighted by Crippen LogP contribution is -2.23. The molecule has 0 unspecified atom stereocenters. The van der Waals surface area contributed by atoms with Crippen LogP contribution in [0, 0.1) is 5.82 Å². The maximum absolute atomic E-state index is 13.3. The molecule has 0 aliphatic heterocycles. The molecule has 1 amide bonds. The number of pyridine rings is 1. The van der Waals surface area contributed by atoms with Gasteiger partial charge in [0.1, 0.15) is 11.6 Å². The fourth-order valence-corrected chi connectivity index (χ4v) is 2.85. The van der Waals surface area contributed by atoms with Gasteiger partial charge in [-0.2, -0.15) is 0 Å². The number of halogens is 2. The number of carbonyl (C=O) groups excluding carboxylic acids is 1. The van der Waals surface area contributed by atoms with Gasteiger partial charge >= 0.3 is 0 Å². The van der Waals surface area contributed by atoms with Crippen molar-refractivity contribution in [2.24, 2.45) is 0 Å². The molecule has 1 N–H and O–H groups in total. The first kappa shape index (κ1) is 18.9. The van der Waals surface area contributed by atoms with Gasteiger partial charge in [-0.25, -0.2) is 9.37 Å². The molecule has 0 aliphatic carbocycles. The van der Waals surface area contributed by atoms with Crippen LogP contribution in [0.4, 0.5) is 15.9 Å². The lowest BCUT2D eigenvalue weighted by atomic mass is 10.2. The second-order valence-electron chi connectivity index (χ2n) is 5.99. The summed E-state index contributed by atoms with van der Waals surface area (Å²) in [5.74, 6) is -0.122. The first-order chi connectivity index (χ1) is 13.1. The van der Waals surface area contributed by atoms with E-state index in [-0.39, 0.29) is 10.9 Å². The van der Waals surface area contributed by atoms with Crippen molar-refractivity contribution in [3.05, 3.63) is 88.8 Å². The van der Waals surface area contributed by atoms with E-state index in [4.69, 9.17) is 11.6 Å². The van der Waals surface area contributed by atoms with Crippen molar-refractivity contribution in [3.8, 4) is 0 Å². The average molecular weight is 384 g/mol. The van der Waals surface area contributed by atoms with Crippen LogP contribution in [0.1, 0.15) is 22.8 Å². The number of rotatable bonds is 6. The third-order valence-corrected chi connectivity index (χ3v) is 4.40. The molecule has 0 bridgehead atoms. The number of anilines is 2. The van der Waals surface area contributed by atoms with Crippen molar-refractivity contribution >= 4 is 29.0 Å². The van der Waals surface area contributed by atoms with Crippen molar-refractivity contribution < 1.29 is 9.18 Å². The third kappa shape index (κ3) is 4.83. The van der Waals surface area contributed by atoms with Gasteiger partial charge in [0, 0.05) is 30.5 Å². The van der Waals surface area contributed by atoms with E-state index in [0.29, 0.717) is 23.6 Å². The molecular formula is C21H19ClFN3O. The summed E-state index contributed by atoms with van der Waals surface area (Å²) in [5, 5.41) is 2.69. The minimum atomic E-state index is -0.527. The summed E-state index contributed by atoms with van der Waals surface area (Å²) in [6.45, 7) is 3.49. The first-order valence-electron chi connectivity index (χ1n) is 8.58. The zero-order valence-electron chi connectivity index (χ0n) is 14.8. The monoisotopic (exact) mass is 383 g/mol. The topological polar surface area (TPSA) is 45.2 Å². The highest BCUT2D eigenvalue weighted by molar-refractivity contribution is 6.31. The fourth-order valence-electron chi connectivity index (χ4n) is 2.67. The number of benzene rings is 2. The zero-order chi connectivity index (χ0) is 19.2. The van der Waals surface area contributed by atoms with E-state index in [9.17, 15) is 9.18 Å². The standard InChI is InChI=1S/C21H19ClFN3O/c1-2-26(14-15-6-4-3-5-7-15)20-12-16(10-11-24-20)21(27)25-17-8-9-19(23)18(22)13-17/h3-13H,2,14H2,1H3,(H,25,27). The minimum absolute atomic E-state index is 0.0387. The van der Waals surface area contributed by atoms with Gasteiger partial charge in [0.2, 0.25) is 0 Å². The average Bonchev–Trinajstić information content (AvgIpc) is 2.70. The van der Waals surface area contributed by atoms with Crippen LogP contribution in [0.2, 0.25) is 5.02 Å². The van der Waals surface area contributed by atoms with Crippen LogP contribution in [0.25, 0.3) is 0 Å². The van der Waals surface area contributed by atoms with Crippen molar-refractivity contribution in [2.45, 2.75) is 13.5 Å². The molecule has 0 radical (unpaired) electrons. The zero-order valence-corrected chi connectivity index (χ0v) is 15.6. The number of carbonyl (C=O) groups is 1. The summed E-state index contributed by atoms with van der Waals surface area (Å²) in [5.41, 5.74) is 2.06. The van der Waals surface area contributed by atoms with Gasteiger partial charge in [-0.3, -0.25) is 4.79 Å². The molecule has 6 heteroatoms. The van der Waals surface area contributed by atoms with Gasteiger partial charge in [-0.05, 0) is 42.8 Å². The Balaban J connectivity index is 1.77. The number of nitrogens with one attached hydrogen (secondary N) is 1. The maximum atomic E-state index is 13.3. The van der Waals surface area contributed by atoms with E-state index in [2.05, 4.69) is 27.3 Å². The molecule has 0 atom stereocenters. The van der Waals surface area contributed by atoms with Crippen molar-refractivity contribution in [1.82, 2.24) is 4.98 Å². The summed E-state index contributed by atoms with van der Waals surface area (Å²) in [4.78, 5) is 19.0. The fraction of sp³-hybridized carbons (Fsp3) is 0.143. The Bertz CT molecular complexity index is 934. The molecule has 27 heavy (non-hydrogen) atoms. The lowest BCUT2D eigenvalue weighted by Gasteiger charge is -2.22. The molecule has 1 aromatic heterocycles. The van der Waals surface area contributed by atoms with E-state index < -0.39 is 5.82 Å². The second kappa shape index (κ2) is 8.64. The van der Waals surface area contributed by atoms with Gasteiger partial charge in [0.25, 0.3) is 5.91 Å². The van der Waals surface area contributed by atoms with Gasteiger partial charge in [-0.15, -0.1) is 0 Å². The van der Waals surface area contributed by atoms with Gasteiger partial charge < -0.3 is 10.2 Å². The minimum Gasteiger partial charge on any atom is -0.353 e. The van der Waals surface area contributed by atoms with Crippen LogP contribution in [0.3, 0.4) is 0 Å². The largest absolute Gasteiger partial charge is 0.353 e. The predicted molar refractivity (Wildman–Crippen MR) is 107 cm³/mol. The van der Waals surface area contributed by atoms with Crippen molar-refractivity contribution in [1.29, 1.82) is 0 Å². The van der Waals surface area contributed by atoms with Crippen LogP contribution in [-0.4, -0.2) is 17.4 Å². The highest BCUT2D eigenvalue weighted by atomic mass is 35.5. The lowest BCUT2D eigenvalue weighted by molar-refractivity contribution is 0.102. The number of hydrogen-bond acceptors (Lipinski definition) is 3. The van der Waals surface area contributed by atoms with Crippen LogP contribution < -0.4 is 10.2 Å². The SMILES string of the molecule is CCN(Cc1ccccc1)c1cc(C(=O)Nc2ccc(F)c(Cl)c2)ccn1. The molecule has 2 aromatic carbocycles. The third-order valence-electron chi connectivity index (χ3n) is 4.11. The molecule has 0 aliphatic rings. The molecule has 0 saturated carbocycles. The Kier molecular flexibility index (Phi) is 6.04. The molecule has 3 aromatic rings. The Morgan fingerprint density at radius 3 is 2.63 bits per heavy atom. The molecule has 0 saturated heterocycles. The highest BCUT2D eigenvalue weighted by Crippen LogP contribution is 2.21.